The molecule has 2 aliphatic heterocycles. The number of aryl methyl sites for hydroxylation is 1. The summed E-state index contributed by atoms with van der Waals surface area (Å²) in [6.07, 6.45) is 11.0. The number of rotatable bonds is 3. The van der Waals surface area contributed by atoms with E-state index >= 15 is 0 Å². The Bertz CT molecular complexity index is 781. The second-order valence-corrected chi connectivity index (χ2v) is 7.21. The molecule has 5 heteroatoms. The summed E-state index contributed by atoms with van der Waals surface area (Å²) in [6, 6.07) is 2.00. The molecule has 0 bridgehead atoms. The van der Waals surface area contributed by atoms with Crippen molar-refractivity contribution in [2.24, 2.45) is 11.8 Å². The molecule has 5 nitrogen and oxygen atoms in total. The van der Waals surface area contributed by atoms with Crippen LogP contribution in [0.1, 0.15) is 37.3 Å². The highest BCUT2D eigenvalue weighted by Crippen LogP contribution is 2.37. The van der Waals surface area contributed by atoms with Gasteiger partial charge in [-0.25, -0.2) is 4.98 Å². The van der Waals surface area contributed by atoms with Crippen molar-refractivity contribution >= 4 is 23.7 Å². The van der Waals surface area contributed by atoms with Gasteiger partial charge in [-0.15, -0.1) is 0 Å². The number of nitrogens with one attached hydrogen (secondary N) is 1. The predicted octanol–water partition coefficient (Wildman–Crippen LogP) is 2.79. The molecule has 1 saturated heterocycles. The summed E-state index contributed by atoms with van der Waals surface area (Å²) in [5.74, 6) is 1.89. The zero-order valence-electron chi connectivity index (χ0n) is 14.5. The van der Waals surface area contributed by atoms with Crippen molar-refractivity contribution in [2.45, 2.75) is 32.6 Å². The van der Waals surface area contributed by atoms with Gasteiger partial charge in [0.1, 0.15) is 5.82 Å². The smallest absolute Gasteiger partial charge is 0.246 e. The molecular weight excluding hydrogens is 314 g/mol. The normalized spacial score (nSPS) is 24.9. The second-order valence-electron chi connectivity index (χ2n) is 7.21. The summed E-state index contributed by atoms with van der Waals surface area (Å²) in [6.45, 7) is 3.91. The van der Waals surface area contributed by atoms with E-state index in [4.69, 9.17) is 0 Å². The van der Waals surface area contributed by atoms with Gasteiger partial charge >= 0.3 is 0 Å². The molecule has 130 valence electrons. The molecule has 2 atom stereocenters. The quantitative estimate of drug-likeness (QED) is 0.681. The number of hydrogen-bond donors (Lipinski definition) is 1. The maximum atomic E-state index is 12.5. The van der Waals surface area contributed by atoms with Crippen LogP contribution in [0.4, 0.5) is 5.82 Å². The van der Waals surface area contributed by atoms with Crippen molar-refractivity contribution in [1.82, 2.24) is 9.88 Å². The van der Waals surface area contributed by atoms with E-state index < -0.39 is 0 Å². The fourth-order valence-electron chi connectivity index (χ4n) is 4.09. The highest BCUT2D eigenvalue weighted by atomic mass is 16.2. The van der Waals surface area contributed by atoms with Crippen molar-refractivity contribution in [3.05, 3.63) is 41.1 Å². The molecule has 1 aromatic rings. The average Bonchev–Trinajstić information content (AvgIpc) is 3.18. The summed E-state index contributed by atoms with van der Waals surface area (Å²) in [7, 11) is 0. The molecule has 0 saturated carbocycles. The van der Waals surface area contributed by atoms with Gasteiger partial charge in [-0.05, 0) is 54.4 Å². The van der Waals surface area contributed by atoms with Crippen molar-refractivity contribution < 1.29 is 9.59 Å². The Morgan fingerprint density at radius 1 is 1.40 bits per heavy atom. The molecule has 1 fully saturated rings. The van der Waals surface area contributed by atoms with Crippen LogP contribution in [-0.2, 0) is 16.0 Å². The lowest BCUT2D eigenvalue weighted by atomic mass is 10.00. The zero-order chi connectivity index (χ0) is 17.4. The third-order valence-electron chi connectivity index (χ3n) is 5.52. The highest BCUT2D eigenvalue weighted by molar-refractivity contribution is 5.94. The number of carbonyl (C=O) groups excluding carboxylic acids is 2. The van der Waals surface area contributed by atoms with Crippen LogP contribution < -0.4 is 5.32 Å². The van der Waals surface area contributed by atoms with Crippen LogP contribution in [0.15, 0.2) is 30.0 Å². The topological polar surface area (TPSA) is 62.3 Å². The number of fused-ring (bicyclic) bond motifs is 2. The van der Waals surface area contributed by atoms with Crippen molar-refractivity contribution in [3.8, 4) is 0 Å². The first-order valence-electron chi connectivity index (χ1n) is 9.07. The zero-order valence-corrected chi connectivity index (χ0v) is 14.5. The number of hydrogen-bond acceptors (Lipinski definition) is 3. The van der Waals surface area contributed by atoms with E-state index in [1.807, 2.05) is 17.0 Å². The van der Waals surface area contributed by atoms with E-state index in [2.05, 4.69) is 23.3 Å². The molecule has 25 heavy (non-hydrogen) atoms. The SMILES string of the molecule is CCC1=CC2CN(C(=O)C=Cc3cnc4c(c3)CCC(=O)N4)CC2C1. The molecule has 4 rings (SSSR count). The van der Waals surface area contributed by atoms with Gasteiger partial charge in [-0.2, -0.15) is 0 Å². The van der Waals surface area contributed by atoms with Gasteiger partial charge in [0.15, 0.2) is 0 Å². The summed E-state index contributed by atoms with van der Waals surface area (Å²) >= 11 is 0. The number of anilines is 1. The minimum Gasteiger partial charge on any atom is -0.338 e. The third kappa shape index (κ3) is 3.23. The van der Waals surface area contributed by atoms with Gasteiger partial charge in [0.2, 0.25) is 11.8 Å². The van der Waals surface area contributed by atoms with Gasteiger partial charge in [-0.1, -0.05) is 18.6 Å². The molecular formula is C20H23N3O2. The Morgan fingerprint density at radius 2 is 2.28 bits per heavy atom. The molecule has 2 amide bonds. The van der Waals surface area contributed by atoms with Crippen molar-refractivity contribution in [1.29, 1.82) is 0 Å². The molecule has 2 unspecified atom stereocenters. The standard InChI is InChI=1S/C20H23N3O2/c1-2-13-7-16-11-23(12-17(16)8-13)19(25)6-3-14-9-15-4-5-18(24)22-20(15)21-10-14/h3,6-7,9-10,16-17H,2,4-5,8,11-12H2,1H3,(H,21,22,24). The number of nitrogens with zero attached hydrogens (tertiary/aromatic N) is 2. The number of amides is 2. The van der Waals surface area contributed by atoms with Gasteiger partial charge < -0.3 is 10.2 Å². The molecule has 1 aromatic heterocycles. The van der Waals surface area contributed by atoms with Gasteiger partial charge in [0.05, 0.1) is 0 Å². The molecule has 3 aliphatic rings. The minimum atomic E-state index is 0.0123. The summed E-state index contributed by atoms with van der Waals surface area (Å²) in [4.78, 5) is 30.1. The first-order valence-corrected chi connectivity index (χ1v) is 9.07. The first kappa shape index (κ1) is 16.1. The first-order chi connectivity index (χ1) is 12.1. The molecule has 3 heterocycles. The van der Waals surface area contributed by atoms with Gasteiger partial charge in [0, 0.05) is 31.8 Å². The van der Waals surface area contributed by atoms with Crippen LogP contribution in [0.3, 0.4) is 0 Å². The fourth-order valence-corrected chi connectivity index (χ4v) is 4.09. The monoisotopic (exact) mass is 337 g/mol. The lowest BCUT2D eigenvalue weighted by Crippen LogP contribution is -2.27. The largest absolute Gasteiger partial charge is 0.338 e. The number of carbonyl (C=O) groups is 2. The molecule has 0 spiro atoms. The molecule has 0 radical (unpaired) electrons. The maximum absolute atomic E-state index is 12.5. The Morgan fingerprint density at radius 3 is 3.08 bits per heavy atom. The number of pyridine rings is 1. The van der Waals surface area contributed by atoms with E-state index in [1.54, 1.807) is 17.8 Å². The van der Waals surface area contributed by atoms with Crippen molar-refractivity contribution in [3.63, 3.8) is 0 Å². The second kappa shape index (κ2) is 6.47. The van der Waals surface area contributed by atoms with E-state index in [0.717, 1.165) is 37.1 Å². The Balaban J connectivity index is 1.40. The van der Waals surface area contributed by atoms with E-state index in [9.17, 15) is 9.59 Å². The van der Waals surface area contributed by atoms with Gasteiger partial charge in [0.25, 0.3) is 0 Å². The molecule has 0 aromatic carbocycles. The summed E-state index contributed by atoms with van der Waals surface area (Å²) in [5.41, 5.74) is 3.47. The van der Waals surface area contributed by atoms with Crippen LogP contribution >= 0.6 is 0 Å². The number of allylic oxidation sites excluding steroid dienone is 1. The van der Waals surface area contributed by atoms with E-state index in [1.165, 1.54) is 0 Å². The average molecular weight is 337 g/mol. The summed E-state index contributed by atoms with van der Waals surface area (Å²) in [5, 5.41) is 2.77. The Labute approximate surface area is 147 Å². The van der Waals surface area contributed by atoms with Crippen LogP contribution in [0, 0.1) is 11.8 Å². The molecule has 1 N–H and O–H groups in total. The number of likely N-dealkylation sites (tertiary alicyclic amines) is 1. The summed E-state index contributed by atoms with van der Waals surface area (Å²) < 4.78 is 0. The minimum absolute atomic E-state index is 0.0123. The van der Waals surface area contributed by atoms with Crippen LogP contribution in [-0.4, -0.2) is 34.8 Å². The number of aromatic nitrogens is 1. The van der Waals surface area contributed by atoms with E-state index in [-0.39, 0.29) is 11.8 Å². The van der Waals surface area contributed by atoms with Crippen molar-refractivity contribution in [2.75, 3.05) is 18.4 Å². The van der Waals surface area contributed by atoms with E-state index in [0.29, 0.717) is 30.5 Å². The maximum Gasteiger partial charge on any atom is 0.246 e. The lowest BCUT2D eigenvalue weighted by molar-refractivity contribution is -0.125. The Hall–Kier alpha value is -2.43. The van der Waals surface area contributed by atoms with Crippen LogP contribution in [0.2, 0.25) is 0 Å². The fraction of sp³-hybridized carbons (Fsp3) is 0.450. The highest BCUT2D eigenvalue weighted by Gasteiger charge is 2.36. The lowest BCUT2D eigenvalue weighted by Gasteiger charge is -2.16. The Kier molecular flexibility index (Phi) is 4.15. The van der Waals surface area contributed by atoms with Crippen LogP contribution in [0.25, 0.3) is 6.08 Å². The molecule has 1 aliphatic carbocycles. The van der Waals surface area contributed by atoms with Crippen LogP contribution in [0.5, 0.6) is 0 Å². The third-order valence-corrected chi connectivity index (χ3v) is 5.52. The predicted molar refractivity (Wildman–Crippen MR) is 96.8 cm³/mol. The van der Waals surface area contributed by atoms with Gasteiger partial charge in [-0.3, -0.25) is 9.59 Å².